The van der Waals surface area contributed by atoms with E-state index in [9.17, 15) is 4.79 Å². The Hall–Kier alpha value is -0.590. The molecule has 0 heterocycles. The second-order valence-corrected chi connectivity index (χ2v) is 12.7. The van der Waals surface area contributed by atoms with Crippen LogP contribution in [0.3, 0.4) is 0 Å². The van der Waals surface area contributed by atoms with E-state index in [0.29, 0.717) is 16.6 Å². The fraction of sp³-hybridized carbons (Fsp3) is 0.897. The van der Waals surface area contributed by atoms with E-state index in [4.69, 9.17) is 0 Å². The van der Waals surface area contributed by atoms with Crippen LogP contribution in [0.4, 0.5) is 0 Å². The smallest absolute Gasteiger partial charge is 0.155 e. The van der Waals surface area contributed by atoms with E-state index in [1.807, 2.05) is 0 Å². The Labute approximate surface area is 186 Å². The molecule has 0 aromatic heterocycles. The van der Waals surface area contributed by atoms with Crippen molar-refractivity contribution >= 4 is 5.78 Å². The van der Waals surface area contributed by atoms with Crippen molar-refractivity contribution in [2.75, 3.05) is 0 Å². The molecule has 0 N–H and O–H groups in total. The molecule has 3 fully saturated rings. The summed E-state index contributed by atoms with van der Waals surface area (Å²) in [5.74, 6) is 6.63. The van der Waals surface area contributed by atoms with Gasteiger partial charge in [-0.3, -0.25) is 4.79 Å². The summed E-state index contributed by atoms with van der Waals surface area (Å²) in [4.78, 5) is 12.1. The Balaban J connectivity index is 1.48. The summed E-state index contributed by atoms with van der Waals surface area (Å²) >= 11 is 0. The highest BCUT2D eigenvalue weighted by Crippen LogP contribution is 2.67. The SMILES string of the molecule is CC[C@@H](CC[C@@H](C)[C@H]1CC[C@H]2[C@@H]3CCC4=CC(=O)CC[C@]4(C)[C@H]3CC[C@]12C)C(C)C. The molecule has 8 atom stereocenters. The third kappa shape index (κ3) is 3.65. The first-order chi connectivity index (χ1) is 14.2. The Morgan fingerprint density at radius 1 is 0.967 bits per heavy atom. The fourth-order valence-corrected chi connectivity index (χ4v) is 9.22. The molecule has 4 aliphatic rings. The molecule has 170 valence electrons. The first-order valence-corrected chi connectivity index (χ1v) is 13.4. The van der Waals surface area contributed by atoms with Gasteiger partial charge in [-0.1, -0.05) is 60.0 Å². The molecule has 4 rings (SSSR count). The lowest BCUT2D eigenvalue weighted by Crippen LogP contribution is -2.51. The largest absolute Gasteiger partial charge is 0.295 e. The molecule has 1 nitrogen and oxygen atoms in total. The number of ketones is 1. The van der Waals surface area contributed by atoms with Crippen molar-refractivity contribution < 1.29 is 4.79 Å². The van der Waals surface area contributed by atoms with Gasteiger partial charge in [0.1, 0.15) is 0 Å². The van der Waals surface area contributed by atoms with Gasteiger partial charge in [-0.05, 0) is 110 Å². The number of allylic oxidation sites excluding steroid dienone is 1. The van der Waals surface area contributed by atoms with Crippen molar-refractivity contribution in [3.63, 3.8) is 0 Å². The summed E-state index contributed by atoms with van der Waals surface area (Å²) in [6.07, 6.45) is 16.5. The predicted octanol–water partition coefficient (Wildman–Crippen LogP) is 8.23. The monoisotopic (exact) mass is 412 g/mol. The fourth-order valence-electron chi connectivity index (χ4n) is 9.22. The molecule has 0 radical (unpaired) electrons. The molecular weight excluding hydrogens is 364 g/mol. The number of rotatable bonds is 6. The number of fused-ring (bicyclic) bond motifs is 5. The van der Waals surface area contributed by atoms with E-state index in [2.05, 4.69) is 47.6 Å². The van der Waals surface area contributed by atoms with Gasteiger partial charge in [0.25, 0.3) is 0 Å². The predicted molar refractivity (Wildman–Crippen MR) is 127 cm³/mol. The normalized spacial score (nSPS) is 42.9. The van der Waals surface area contributed by atoms with Crippen LogP contribution in [-0.4, -0.2) is 5.78 Å². The van der Waals surface area contributed by atoms with Gasteiger partial charge >= 0.3 is 0 Å². The van der Waals surface area contributed by atoms with E-state index < -0.39 is 0 Å². The first kappa shape index (κ1) is 22.6. The van der Waals surface area contributed by atoms with E-state index in [0.717, 1.165) is 54.3 Å². The highest BCUT2D eigenvalue weighted by atomic mass is 16.1. The minimum atomic E-state index is 0.327. The maximum absolute atomic E-state index is 12.1. The third-order valence-electron chi connectivity index (χ3n) is 11.2. The van der Waals surface area contributed by atoms with Crippen LogP contribution in [0.25, 0.3) is 0 Å². The second kappa shape index (κ2) is 8.40. The minimum absolute atomic E-state index is 0.327. The van der Waals surface area contributed by atoms with Crippen LogP contribution < -0.4 is 0 Å². The average Bonchev–Trinajstić information content (AvgIpc) is 3.06. The number of hydrogen-bond acceptors (Lipinski definition) is 1. The van der Waals surface area contributed by atoms with Crippen LogP contribution >= 0.6 is 0 Å². The molecule has 0 unspecified atom stereocenters. The van der Waals surface area contributed by atoms with Crippen molar-refractivity contribution in [2.45, 2.75) is 112 Å². The van der Waals surface area contributed by atoms with E-state index >= 15 is 0 Å². The highest BCUT2D eigenvalue weighted by molar-refractivity contribution is 5.91. The Kier molecular flexibility index (Phi) is 6.33. The molecule has 3 saturated carbocycles. The third-order valence-corrected chi connectivity index (χ3v) is 11.2. The minimum Gasteiger partial charge on any atom is -0.295 e. The summed E-state index contributed by atoms with van der Waals surface area (Å²) in [6, 6.07) is 0. The Morgan fingerprint density at radius 3 is 2.43 bits per heavy atom. The number of carbonyl (C=O) groups excluding carboxylic acids is 1. The molecule has 0 saturated heterocycles. The molecule has 4 aliphatic carbocycles. The van der Waals surface area contributed by atoms with Crippen molar-refractivity contribution in [1.82, 2.24) is 0 Å². The summed E-state index contributed by atoms with van der Waals surface area (Å²) in [5, 5.41) is 0. The maximum atomic E-state index is 12.1. The van der Waals surface area contributed by atoms with Crippen LogP contribution in [0.2, 0.25) is 0 Å². The molecule has 0 aromatic rings. The van der Waals surface area contributed by atoms with Gasteiger partial charge in [0.2, 0.25) is 0 Å². The lowest BCUT2D eigenvalue weighted by atomic mass is 9.46. The van der Waals surface area contributed by atoms with Crippen molar-refractivity contribution in [2.24, 2.45) is 52.3 Å². The molecule has 30 heavy (non-hydrogen) atoms. The summed E-state index contributed by atoms with van der Waals surface area (Å²) < 4.78 is 0. The van der Waals surface area contributed by atoms with Gasteiger partial charge < -0.3 is 0 Å². The molecule has 0 spiro atoms. The second-order valence-electron chi connectivity index (χ2n) is 12.7. The molecule has 0 aliphatic heterocycles. The van der Waals surface area contributed by atoms with Gasteiger partial charge in [0.05, 0.1) is 0 Å². The number of hydrogen-bond donors (Lipinski definition) is 0. The highest BCUT2D eigenvalue weighted by Gasteiger charge is 2.59. The zero-order valence-electron chi connectivity index (χ0n) is 20.8. The lowest BCUT2D eigenvalue weighted by molar-refractivity contribution is -0.117. The van der Waals surface area contributed by atoms with Crippen LogP contribution in [0.15, 0.2) is 11.6 Å². The van der Waals surface area contributed by atoms with Crippen LogP contribution in [0.5, 0.6) is 0 Å². The topological polar surface area (TPSA) is 17.1 Å². The van der Waals surface area contributed by atoms with Gasteiger partial charge in [-0.15, -0.1) is 0 Å². The summed E-state index contributed by atoms with van der Waals surface area (Å²) in [6.45, 7) is 15.0. The Morgan fingerprint density at radius 2 is 1.73 bits per heavy atom. The zero-order chi connectivity index (χ0) is 21.7. The first-order valence-electron chi connectivity index (χ1n) is 13.4. The van der Waals surface area contributed by atoms with E-state index in [-0.39, 0.29) is 0 Å². The quantitative estimate of drug-likeness (QED) is 0.429. The van der Waals surface area contributed by atoms with Crippen molar-refractivity contribution in [3.05, 3.63) is 11.6 Å². The summed E-state index contributed by atoms with van der Waals surface area (Å²) in [7, 11) is 0. The van der Waals surface area contributed by atoms with Crippen molar-refractivity contribution in [1.29, 1.82) is 0 Å². The van der Waals surface area contributed by atoms with E-state index in [1.54, 1.807) is 0 Å². The summed E-state index contributed by atoms with van der Waals surface area (Å²) in [5.41, 5.74) is 2.42. The lowest BCUT2D eigenvalue weighted by Gasteiger charge is -2.58. The van der Waals surface area contributed by atoms with Crippen molar-refractivity contribution in [3.8, 4) is 0 Å². The molecule has 0 aromatic carbocycles. The molecular formula is C29H48O. The maximum Gasteiger partial charge on any atom is 0.155 e. The van der Waals surface area contributed by atoms with Gasteiger partial charge in [0, 0.05) is 6.42 Å². The van der Waals surface area contributed by atoms with Gasteiger partial charge in [-0.2, -0.15) is 0 Å². The standard InChI is InChI=1S/C29H48O/c1-7-21(19(2)3)9-8-20(4)25-12-13-26-24-11-10-22-18-23(30)14-16-28(22,5)27(24)15-17-29(25,26)6/h18-21,24-27H,7-17H2,1-6H3/t20-,21+,24+,25-,26+,27+,28+,29-/m1/s1. The average molecular weight is 413 g/mol. The zero-order valence-corrected chi connectivity index (χ0v) is 20.8. The van der Waals surface area contributed by atoms with E-state index in [1.165, 1.54) is 63.4 Å². The van der Waals surface area contributed by atoms with Crippen LogP contribution in [-0.2, 0) is 4.79 Å². The molecule has 1 heteroatoms. The molecule has 0 amide bonds. The molecule has 0 bridgehead atoms. The number of carbonyl (C=O) groups is 1. The van der Waals surface area contributed by atoms with Crippen LogP contribution in [0.1, 0.15) is 112 Å². The van der Waals surface area contributed by atoms with Gasteiger partial charge in [0.15, 0.2) is 5.78 Å². The Bertz CT molecular complexity index is 674. The van der Waals surface area contributed by atoms with Crippen LogP contribution in [0, 0.1) is 52.3 Å². The van der Waals surface area contributed by atoms with Gasteiger partial charge in [-0.25, -0.2) is 0 Å².